The number of nitrogens with zero attached hydrogens (tertiary/aromatic N) is 3. The van der Waals surface area contributed by atoms with E-state index in [-0.39, 0.29) is 5.91 Å². The van der Waals surface area contributed by atoms with E-state index >= 15 is 0 Å². The molecule has 1 unspecified atom stereocenters. The van der Waals surface area contributed by atoms with E-state index in [2.05, 4.69) is 20.2 Å². The van der Waals surface area contributed by atoms with Gasteiger partial charge in [0.05, 0.1) is 22.4 Å². The van der Waals surface area contributed by atoms with Crippen LogP contribution < -0.4 is 5.32 Å². The molecule has 1 saturated heterocycles. The second kappa shape index (κ2) is 6.13. The molecule has 1 amide bonds. The van der Waals surface area contributed by atoms with Gasteiger partial charge in [0.2, 0.25) is 0 Å². The molecule has 126 valence electrons. The molecule has 1 N–H and O–H groups in total. The lowest BCUT2D eigenvalue weighted by Crippen LogP contribution is -2.49. The SMILES string of the molecule is Cc1nc2ccc(C(=O)N(C3CC3)C3CCCNC3)cc2nc1C. The van der Waals surface area contributed by atoms with Gasteiger partial charge in [-0.25, -0.2) is 9.97 Å². The van der Waals surface area contributed by atoms with Crippen LogP contribution in [0.4, 0.5) is 0 Å². The van der Waals surface area contributed by atoms with E-state index in [1.165, 1.54) is 0 Å². The quantitative estimate of drug-likeness (QED) is 0.943. The van der Waals surface area contributed by atoms with Gasteiger partial charge >= 0.3 is 0 Å². The molecule has 1 aromatic heterocycles. The topological polar surface area (TPSA) is 58.1 Å². The first kappa shape index (κ1) is 15.5. The summed E-state index contributed by atoms with van der Waals surface area (Å²) in [5.74, 6) is 0.146. The molecule has 2 heterocycles. The fraction of sp³-hybridized carbons (Fsp3) is 0.526. The van der Waals surface area contributed by atoms with Crippen molar-refractivity contribution in [1.82, 2.24) is 20.2 Å². The molecule has 24 heavy (non-hydrogen) atoms. The van der Waals surface area contributed by atoms with Crippen LogP contribution in [0.2, 0.25) is 0 Å². The molecule has 1 saturated carbocycles. The lowest BCUT2D eigenvalue weighted by Gasteiger charge is -2.35. The van der Waals surface area contributed by atoms with Crippen molar-refractivity contribution >= 4 is 16.9 Å². The molecule has 2 aliphatic rings. The lowest BCUT2D eigenvalue weighted by atomic mass is 10.0. The second-order valence-corrected chi connectivity index (χ2v) is 7.04. The van der Waals surface area contributed by atoms with E-state index in [1.54, 1.807) is 0 Å². The van der Waals surface area contributed by atoms with Gasteiger partial charge in [0.15, 0.2) is 0 Å². The summed E-state index contributed by atoms with van der Waals surface area (Å²) in [4.78, 5) is 24.5. The third-order valence-electron chi connectivity index (χ3n) is 5.16. The van der Waals surface area contributed by atoms with Crippen LogP contribution >= 0.6 is 0 Å². The highest BCUT2D eigenvalue weighted by Crippen LogP contribution is 2.32. The summed E-state index contributed by atoms with van der Waals surface area (Å²) >= 11 is 0. The minimum absolute atomic E-state index is 0.146. The number of rotatable bonds is 3. The fourth-order valence-corrected chi connectivity index (χ4v) is 3.57. The predicted octanol–water partition coefficient (Wildman–Crippen LogP) is 2.60. The maximum atomic E-state index is 13.2. The first-order valence-electron chi connectivity index (χ1n) is 8.92. The molecule has 5 heteroatoms. The number of hydrogen-bond acceptors (Lipinski definition) is 4. The molecule has 1 aliphatic heterocycles. The Bertz CT molecular complexity index is 778. The number of piperidine rings is 1. The van der Waals surface area contributed by atoms with Crippen LogP contribution in [0.3, 0.4) is 0 Å². The zero-order chi connectivity index (χ0) is 16.7. The molecule has 1 aliphatic carbocycles. The van der Waals surface area contributed by atoms with Crippen molar-refractivity contribution in [2.45, 2.75) is 51.6 Å². The van der Waals surface area contributed by atoms with Gasteiger partial charge in [0.1, 0.15) is 0 Å². The second-order valence-electron chi connectivity index (χ2n) is 7.04. The highest BCUT2D eigenvalue weighted by Gasteiger charge is 2.38. The van der Waals surface area contributed by atoms with Gasteiger partial charge in [-0.15, -0.1) is 0 Å². The maximum Gasteiger partial charge on any atom is 0.254 e. The summed E-state index contributed by atoms with van der Waals surface area (Å²) in [5, 5.41) is 3.43. The van der Waals surface area contributed by atoms with Crippen LogP contribution in [0.5, 0.6) is 0 Å². The van der Waals surface area contributed by atoms with E-state index in [0.29, 0.717) is 12.1 Å². The van der Waals surface area contributed by atoms with Crippen molar-refractivity contribution in [3.8, 4) is 0 Å². The van der Waals surface area contributed by atoms with Gasteiger partial charge in [-0.2, -0.15) is 0 Å². The average molecular weight is 324 g/mol. The molecular weight excluding hydrogens is 300 g/mol. The van der Waals surface area contributed by atoms with E-state index in [1.807, 2.05) is 32.0 Å². The Labute approximate surface area is 142 Å². The molecule has 0 spiro atoms. The van der Waals surface area contributed by atoms with Crippen LogP contribution in [0.15, 0.2) is 18.2 Å². The van der Waals surface area contributed by atoms with Gasteiger partial charge in [0.25, 0.3) is 5.91 Å². The van der Waals surface area contributed by atoms with E-state index in [0.717, 1.165) is 66.8 Å². The van der Waals surface area contributed by atoms with Gasteiger partial charge < -0.3 is 10.2 Å². The number of hydrogen-bond donors (Lipinski definition) is 1. The van der Waals surface area contributed by atoms with Crippen LogP contribution in [-0.4, -0.2) is 45.9 Å². The zero-order valence-electron chi connectivity index (χ0n) is 14.4. The van der Waals surface area contributed by atoms with Crippen molar-refractivity contribution < 1.29 is 4.79 Å². The number of aryl methyl sites for hydroxylation is 2. The Morgan fingerprint density at radius 3 is 2.50 bits per heavy atom. The van der Waals surface area contributed by atoms with Crippen LogP contribution in [-0.2, 0) is 0 Å². The summed E-state index contributed by atoms with van der Waals surface area (Å²) < 4.78 is 0. The first-order chi connectivity index (χ1) is 11.6. The smallest absolute Gasteiger partial charge is 0.254 e. The molecule has 4 rings (SSSR count). The molecule has 0 bridgehead atoms. The minimum atomic E-state index is 0.146. The summed E-state index contributed by atoms with van der Waals surface area (Å²) in [7, 11) is 0. The molecule has 1 atom stereocenters. The van der Waals surface area contributed by atoms with E-state index in [9.17, 15) is 4.79 Å². The highest BCUT2D eigenvalue weighted by molar-refractivity contribution is 5.97. The summed E-state index contributed by atoms with van der Waals surface area (Å²) in [5.41, 5.74) is 4.25. The van der Waals surface area contributed by atoms with Gasteiger partial charge in [0, 0.05) is 24.2 Å². The van der Waals surface area contributed by atoms with Gasteiger partial charge in [-0.3, -0.25) is 4.79 Å². The summed E-state index contributed by atoms with van der Waals surface area (Å²) in [6, 6.07) is 6.47. The first-order valence-corrected chi connectivity index (χ1v) is 8.92. The van der Waals surface area contributed by atoms with Crippen molar-refractivity contribution in [3.63, 3.8) is 0 Å². The summed E-state index contributed by atoms with van der Waals surface area (Å²) in [6.07, 6.45) is 4.51. The van der Waals surface area contributed by atoms with Crippen LogP contribution in [0, 0.1) is 13.8 Å². The van der Waals surface area contributed by atoms with Crippen molar-refractivity contribution in [2.24, 2.45) is 0 Å². The lowest BCUT2D eigenvalue weighted by molar-refractivity contribution is 0.0630. The van der Waals surface area contributed by atoms with Crippen LogP contribution in [0.1, 0.15) is 47.4 Å². The standard InChI is InChI=1S/C19H24N4O/c1-12-13(2)22-18-10-14(5-8-17(18)21-12)19(24)23(15-6-7-15)16-4-3-9-20-11-16/h5,8,10,15-16,20H,3-4,6-7,9,11H2,1-2H3. The number of nitrogens with one attached hydrogen (secondary N) is 1. The summed E-state index contributed by atoms with van der Waals surface area (Å²) in [6.45, 7) is 5.90. The predicted molar refractivity (Wildman–Crippen MR) is 94.1 cm³/mol. The molecule has 2 fully saturated rings. The monoisotopic (exact) mass is 324 g/mol. The van der Waals surface area contributed by atoms with Crippen LogP contribution in [0.25, 0.3) is 11.0 Å². The third kappa shape index (κ3) is 2.88. The van der Waals surface area contributed by atoms with E-state index in [4.69, 9.17) is 0 Å². The fourth-order valence-electron chi connectivity index (χ4n) is 3.57. The Morgan fingerprint density at radius 2 is 1.83 bits per heavy atom. The largest absolute Gasteiger partial charge is 0.331 e. The minimum Gasteiger partial charge on any atom is -0.331 e. The molecule has 2 aromatic rings. The number of benzene rings is 1. The van der Waals surface area contributed by atoms with Gasteiger partial charge in [-0.1, -0.05) is 0 Å². The van der Waals surface area contributed by atoms with Crippen molar-refractivity contribution in [2.75, 3.05) is 13.1 Å². The molecule has 1 aromatic carbocycles. The normalized spacial score (nSPS) is 21.0. The highest BCUT2D eigenvalue weighted by atomic mass is 16.2. The number of aromatic nitrogens is 2. The average Bonchev–Trinajstić information content (AvgIpc) is 3.41. The Hall–Kier alpha value is -2.01. The Morgan fingerprint density at radius 1 is 1.08 bits per heavy atom. The maximum absolute atomic E-state index is 13.2. The number of amides is 1. The Kier molecular flexibility index (Phi) is 3.96. The number of fused-ring (bicyclic) bond motifs is 1. The third-order valence-corrected chi connectivity index (χ3v) is 5.16. The zero-order valence-corrected chi connectivity index (χ0v) is 14.4. The van der Waals surface area contributed by atoms with Gasteiger partial charge in [-0.05, 0) is 64.3 Å². The molecule has 0 radical (unpaired) electrons. The molecular formula is C19H24N4O. The number of carbonyl (C=O) groups is 1. The number of carbonyl (C=O) groups excluding carboxylic acids is 1. The van der Waals surface area contributed by atoms with Crippen molar-refractivity contribution in [1.29, 1.82) is 0 Å². The molecule has 5 nitrogen and oxygen atoms in total. The van der Waals surface area contributed by atoms with Crippen molar-refractivity contribution in [3.05, 3.63) is 35.2 Å². The Balaban J connectivity index is 1.66. The van der Waals surface area contributed by atoms with E-state index < -0.39 is 0 Å².